The smallest absolute Gasteiger partial charge is 0.308 e. The van der Waals surface area contributed by atoms with Crippen LogP contribution in [-0.2, 0) is 20.9 Å². The zero-order chi connectivity index (χ0) is 18.5. The number of furan rings is 1. The monoisotopic (exact) mass is 371 g/mol. The molecule has 3 rings (SSSR count). The lowest BCUT2D eigenvalue weighted by Crippen LogP contribution is -2.28. The molecule has 1 unspecified atom stereocenters. The van der Waals surface area contributed by atoms with Crippen molar-refractivity contribution in [1.29, 1.82) is 0 Å². The molecule has 0 aliphatic carbocycles. The molecule has 1 N–H and O–H groups in total. The van der Waals surface area contributed by atoms with Gasteiger partial charge in [-0.25, -0.2) is 0 Å². The van der Waals surface area contributed by atoms with E-state index in [9.17, 15) is 9.59 Å². The highest BCUT2D eigenvalue weighted by Crippen LogP contribution is 2.22. The number of amides is 1. The van der Waals surface area contributed by atoms with E-state index in [0.717, 1.165) is 16.5 Å². The number of ether oxygens (including phenoxy) is 1. The summed E-state index contributed by atoms with van der Waals surface area (Å²) < 4.78 is 10.9. The number of rotatable bonds is 6. The maximum atomic E-state index is 12.2. The Morgan fingerprint density at radius 3 is 2.58 bits per heavy atom. The third-order valence-corrected chi connectivity index (χ3v) is 4.12. The maximum Gasteiger partial charge on any atom is 0.308 e. The number of nitrogens with one attached hydrogen (secondary N) is 1. The van der Waals surface area contributed by atoms with Crippen molar-refractivity contribution in [2.45, 2.75) is 26.0 Å². The number of para-hydroxylation sites is 1. The Morgan fingerprint density at radius 1 is 1.15 bits per heavy atom. The van der Waals surface area contributed by atoms with Gasteiger partial charge in [-0.1, -0.05) is 41.9 Å². The molecule has 134 valence electrons. The molecule has 0 saturated carbocycles. The van der Waals surface area contributed by atoms with Crippen molar-refractivity contribution < 1.29 is 18.7 Å². The minimum atomic E-state index is -0.479. The van der Waals surface area contributed by atoms with Gasteiger partial charge in [0.25, 0.3) is 0 Å². The van der Waals surface area contributed by atoms with E-state index in [4.69, 9.17) is 20.8 Å². The standard InChI is InChI=1S/C20H18ClNO4/c1-13(23)22-18(14-6-8-16(21)9-7-14)11-20(24)25-12-17-10-15-4-2-3-5-19(15)26-17/h2-10,18H,11-12H2,1H3,(H,22,23). The van der Waals surface area contributed by atoms with Crippen molar-refractivity contribution >= 4 is 34.4 Å². The molecule has 1 heterocycles. The van der Waals surface area contributed by atoms with Crippen LogP contribution >= 0.6 is 11.6 Å². The molecule has 1 atom stereocenters. The number of fused-ring (bicyclic) bond motifs is 1. The topological polar surface area (TPSA) is 68.5 Å². The number of halogens is 1. The van der Waals surface area contributed by atoms with Gasteiger partial charge in [0, 0.05) is 17.3 Å². The summed E-state index contributed by atoms with van der Waals surface area (Å²) in [4.78, 5) is 23.7. The van der Waals surface area contributed by atoms with Crippen LogP contribution in [-0.4, -0.2) is 11.9 Å². The molecule has 2 aromatic carbocycles. The lowest BCUT2D eigenvalue weighted by Gasteiger charge is -2.17. The number of hydrogen-bond acceptors (Lipinski definition) is 4. The van der Waals surface area contributed by atoms with E-state index in [2.05, 4.69) is 5.32 Å². The van der Waals surface area contributed by atoms with E-state index < -0.39 is 12.0 Å². The van der Waals surface area contributed by atoms with Crippen LogP contribution in [0.5, 0.6) is 0 Å². The third-order valence-electron chi connectivity index (χ3n) is 3.87. The fourth-order valence-electron chi connectivity index (χ4n) is 2.68. The zero-order valence-corrected chi connectivity index (χ0v) is 15.0. The predicted molar refractivity (Wildman–Crippen MR) is 98.6 cm³/mol. The maximum absolute atomic E-state index is 12.2. The van der Waals surface area contributed by atoms with E-state index >= 15 is 0 Å². The van der Waals surface area contributed by atoms with Gasteiger partial charge in [0.2, 0.25) is 5.91 Å². The number of carbonyl (C=O) groups is 2. The van der Waals surface area contributed by atoms with Crippen LogP contribution in [0, 0.1) is 0 Å². The molecule has 0 fully saturated rings. The zero-order valence-electron chi connectivity index (χ0n) is 14.2. The van der Waals surface area contributed by atoms with E-state index in [-0.39, 0.29) is 18.9 Å². The van der Waals surface area contributed by atoms with E-state index in [1.165, 1.54) is 6.92 Å². The minimum Gasteiger partial charge on any atom is -0.457 e. The van der Waals surface area contributed by atoms with Crippen LogP contribution < -0.4 is 5.32 Å². The van der Waals surface area contributed by atoms with Crippen molar-refractivity contribution in [3.8, 4) is 0 Å². The van der Waals surface area contributed by atoms with Gasteiger partial charge < -0.3 is 14.5 Å². The Hall–Kier alpha value is -2.79. The van der Waals surface area contributed by atoms with Gasteiger partial charge in [-0.3, -0.25) is 9.59 Å². The molecule has 0 bridgehead atoms. The van der Waals surface area contributed by atoms with Crippen LogP contribution in [0.15, 0.2) is 59.0 Å². The summed E-state index contributed by atoms with van der Waals surface area (Å²) in [5.74, 6) is -0.0867. The number of benzene rings is 2. The van der Waals surface area contributed by atoms with Crippen LogP contribution in [0.4, 0.5) is 0 Å². The van der Waals surface area contributed by atoms with E-state index in [1.807, 2.05) is 30.3 Å². The summed E-state index contributed by atoms with van der Waals surface area (Å²) in [6.07, 6.45) is 0.0153. The van der Waals surface area contributed by atoms with Gasteiger partial charge in [0.15, 0.2) is 0 Å². The number of hydrogen-bond donors (Lipinski definition) is 1. The van der Waals surface area contributed by atoms with Gasteiger partial charge in [-0.05, 0) is 29.8 Å². The first-order valence-corrected chi connectivity index (χ1v) is 8.55. The minimum absolute atomic E-state index is 0.0153. The van der Waals surface area contributed by atoms with Gasteiger partial charge in [0.1, 0.15) is 18.0 Å². The lowest BCUT2D eigenvalue weighted by molar-refractivity contribution is -0.146. The van der Waals surface area contributed by atoms with Gasteiger partial charge >= 0.3 is 5.97 Å². The first kappa shape index (κ1) is 18.0. The molecular weight excluding hydrogens is 354 g/mol. The highest BCUT2D eigenvalue weighted by Gasteiger charge is 2.18. The Bertz CT molecular complexity index is 884. The van der Waals surface area contributed by atoms with Crippen molar-refractivity contribution in [2.75, 3.05) is 0 Å². The van der Waals surface area contributed by atoms with Crippen LogP contribution in [0.1, 0.15) is 30.7 Å². The average molecular weight is 372 g/mol. The van der Waals surface area contributed by atoms with Gasteiger partial charge in [-0.15, -0.1) is 0 Å². The Labute approximate surface area is 155 Å². The molecule has 0 aliphatic rings. The molecule has 0 spiro atoms. The second-order valence-corrected chi connectivity index (χ2v) is 6.36. The highest BCUT2D eigenvalue weighted by molar-refractivity contribution is 6.30. The Morgan fingerprint density at radius 2 is 1.88 bits per heavy atom. The molecule has 6 heteroatoms. The second kappa shape index (κ2) is 8.06. The van der Waals surface area contributed by atoms with Crippen LogP contribution in [0.3, 0.4) is 0 Å². The molecule has 1 aromatic heterocycles. The Balaban J connectivity index is 1.63. The average Bonchev–Trinajstić information content (AvgIpc) is 3.03. The quantitative estimate of drug-likeness (QED) is 0.652. The SMILES string of the molecule is CC(=O)NC(CC(=O)OCc1cc2ccccc2o1)c1ccc(Cl)cc1. The van der Waals surface area contributed by atoms with E-state index in [1.54, 1.807) is 24.3 Å². The second-order valence-electron chi connectivity index (χ2n) is 5.92. The summed E-state index contributed by atoms with van der Waals surface area (Å²) >= 11 is 5.89. The van der Waals surface area contributed by atoms with Gasteiger partial charge in [0.05, 0.1) is 12.5 Å². The predicted octanol–water partition coefficient (Wildman–Crippen LogP) is 4.40. The van der Waals surface area contributed by atoms with Crippen molar-refractivity contribution in [1.82, 2.24) is 5.32 Å². The summed E-state index contributed by atoms with van der Waals surface area (Å²) in [5, 5.41) is 4.30. The summed E-state index contributed by atoms with van der Waals surface area (Å²) in [6.45, 7) is 1.45. The normalized spacial score (nSPS) is 11.9. The van der Waals surface area contributed by atoms with Crippen molar-refractivity contribution in [2.24, 2.45) is 0 Å². The Kier molecular flexibility index (Phi) is 5.58. The van der Waals surface area contributed by atoms with Crippen molar-refractivity contribution in [3.05, 3.63) is 70.9 Å². The summed E-state index contributed by atoms with van der Waals surface area (Å²) in [6, 6.07) is 15.9. The number of esters is 1. The molecule has 0 radical (unpaired) electrons. The van der Waals surface area contributed by atoms with Crippen LogP contribution in [0.25, 0.3) is 11.0 Å². The first-order valence-electron chi connectivity index (χ1n) is 8.17. The molecule has 0 aliphatic heterocycles. The molecular formula is C20H18ClNO4. The highest BCUT2D eigenvalue weighted by atomic mass is 35.5. The first-order chi connectivity index (χ1) is 12.5. The molecule has 5 nitrogen and oxygen atoms in total. The summed E-state index contributed by atoms with van der Waals surface area (Å²) in [5.41, 5.74) is 1.53. The molecule has 0 saturated heterocycles. The van der Waals surface area contributed by atoms with Crippen LogP contribution in [0.2, 0.25) is 5.02 Å². The van der Waals surface area contributed by atoms with Crippen molar-refractivity contribution in [3.63, 3.8) is 0 Å². The third kappa shape index (κ3) is 4.64. The fraction of sp³-hybridized carbons (Fsp3) is 0.200. The largest absolute Gasteiger partial charge is 0.457 e. The molecule has 26 heavy (non-hydrogen) atoms. The number of carbonyl (C=O) groups excluding carboxylic acids is 2. The summed E-state index contributed by atoms with van der Waals surface area (Å²) in [7, 11) is 0. The lowest BCUT2D eigenvalue weighted by atomic mass is 10.0. The molecule has 1 amide bonds. The van der Waals surface area contributed by atoms with Gasteiger partial charge in [-0.2, -0.15) is 0 Å². The molecule has 3 aromatic rings. The fourth-order valence-corrected chi connectivity index (χ4v) is 2.80. The van der Waals surface area contributed by atoms with E-state index in [0.29, 0.717) is 10.8 Å².